The summed E-state index contributed by atoms with van der Waals surface area (Å²) in [4.78, 5) is 20.7. The SMILES string of the molecule is CN(C)c1cccc(-c2nc(C3CC(=O)N(Cc4ccc(F)cc4Cl)C3)no2)c1. The van der Waals surface area contributed by atoms with Crippen LogP contribution in [0.15, 0.2) is 47.0 Å². The zero-order valence-corrected chi connectivity index (χ0v) is 16.9. The molecule has 8 heteroatoms. The van der Waals surface area contributed by atoms with E-state index in [1.807, 2.05) is 43.3 Å². The van der Waals surface area contributed by atoms with Crippen molar-refractivity contribution in [2.24, 2.45) is 0 Å². The maximum atomic E-state index is 13.2. The summed E-state index contributed by atoms with van der Waals surface area (Å²) in [6, 6.07) is 12.0. The van der Waals surface area contributed by atoms with E-state index in [0.717, 1.165) is 11.3 Å². The Morgan fingerprint density at radius 3 is 2.86 bits per heavy atom. The third-order valence-electron chi connectivity index (χ3n) is 5.01. The molecule has 0 saturated carbocycles. The molecule has 1 amide bonds. The van der Waals surface area contributed by atoms with Gasteiger partial charge in [0.25, 0.3) is 5.89 Å². The first kappa shape index (κ1) is 19.4. The first-order valence-corrected chi connectivity index (χ1v) is 9.61. The Kier molecular flexibility index (Phi) is 5.24. The van der Waals surface area contributed by atoms with Crippen LogP contribution in [0.1, 0.15) is 23.7 Å². The van der Waals surface area contributed by atoms with E-state index in [0.29, 0.717) is 41.8 Å². The number of rotatable bonds is 5. The number of carbonyl (C=O) groups excluding carboxylic acids is 1. The maximum Gasteiger partial charge on any atom is 0.258 e. The van der Waals surface area contributed by atoms with Crippen LogP contribution < -0.4 is 4.90 Å². The van der Waals surface area contributed by atoms with Gasteiger partial charge in [0.15, 0.2) is 5.82 Å². The van der Waals surface area contributed by atoms with Crippen LogP contribution >= 0.6 is 11.6 Å². The van der Waals surface area contributed by atoms with Crippen LogP contribution in [0.2, 0.25) is 5.02 Å². The van der Waals surface area contributed by atoms with Crippen molar-refractivity contribution in [3.63, 3.8) is 0 Å². The fraction of sp³-hybridized carbons (Fsp3) is 0.286. The van der Waals surface area contributed by atoms with E-state index in [1.54, 1.807) is 11.0 Å². The topological polar surface area (TPSA) is 62.5 Å². The second kappa shape index (κ2) is 7.83. The van der Waals surface area contributed by atoms with E-state index in [4.69, 9.17) is 16.1 Å². The predicted molar refractivity (Wildman–Crippen MR) is 108 cm³/mol. The lowest BCUT2D eigenvalue weighted by atomic mass is 10.1. The lowest BCUT2D eigenvalue weighted by molar-refractivity contribution is -0.128. The van der Waals surface area contributed by atoms with Gasteiger partial charge in [-0.05, 0) is 35.9 Å². The van der Waals surface area contributed by atoms with Crippen molar-refractivity contribution < 1.29 is 13.7 Å². The minimum Gasteiger partial charge on any atom is -0.378 e. The van der Waals surface area contributed by atoms with Gasteiger partial charge in [0.1, 0.15) is 5.82 Å². The lowest BCUT2D eigenvalue weighted by Gasteiger charge is -2.17. The normalized spacial score (nSPS) is 16.5. The molecule has 1 atom stereocenters. The summed E-state index contributed by atoms with van der Waals surface area (Å²) in [7, 11) is 3.93. The van der Waals surface area contributed by atoms with Crippen LogP contribution in [0.4, 0.5) is 10.1 Å². The van der Waals surface area contributed by atoms with Crippen molar-refractivity contribution >= 4 is 23.2 Å². The van der Waals surface area contributed by atoms with E-state index in [-0.39, 0.29) is 11.8 Å². The van der Waals surface area contributed by atoms with Crippen LogP contribution in [0.3, 0.4) is 0 Å². The smallest absolute Gasteiger partial charge is 0.258 e. The highest BCUT2D eigenvalue weighted by atomic mass is 35.5. The number of halogens is 2. The summed E-state index contributed by atoms with van der Waals surface area (Å²) < 4.78 is 18.7. The minimum absolute atomic E-state index is 0.0173. The summed E-state index contributed by atoms with van der Waals surface area (Å²) in [5, 5.41) is 4.41. The molecule has 4 rings (SSSR count). The fourth-order valence-electron chi connectivity index (χ4n) is 3.39. The summed E-state index contributed by atoms with van der Waals surface area (Å²) in [6.07, 6.45) is 0.301. The summed E-state index contributed by atoms with van der Waals surface area (Å²) in [6.45, 7) is 0.785. The molecule has 3 aromatic rings. The number of likely N-dealkylation sites (tertiary alicyclic amines) is 1. The molecule has 1 fully saturated rings. The molecule has 1 aromatic heterocycles. The second-order valence-corrected chi connectivity index (χ2v) is 7.72. The average molecular weight is 415 g/mol. The molecule has 6 nitrogen and oxygen atoms in total. The highest BCUT2D eigenvalue weighted by molar-refractivity contribution is 6.31. The summed E-state index contributed by atoms with van der Waals surface area (Å²) in [5.41, 5.74) is 2.56. The molecule has 0 aliphatic carbocycles. The maximum absolute atomic E-state index is 13.2. The van der Waals surface area contributed by atoms with Crippen LogP contribution in [-0.2, 0) is 11.3 Å². The number of anilines is 1. The molecule has 0 spiro atoms. The molecule has 0 radical (unpaired) electrons. The van der Waals surface area contributed by atoms with Gasteiger partial charge in [0.05, 0.1) is 0 Å². The molecular weight excluding hydrogens is 395 g/mol. The Morgan fingerprint density at radius 1 is 1.28 bits per heavy atom. The zero-order chi connectivity index (χ0) is 20.5. The van der Waals surface area contributed by atoms with Crippen molar-refractivity contribution in [2.75, 3.05) is 25.5 Å². The monoisotopic (exact) mass is 414 g/mol. The Morgan fingerprint density at radius 2 is 2.10 bits per heavy atom. The van der Waals surface area contributed by atoms with E-state index >= 15 is 0 Å². The molecule has 0 bridgehead atoms. The molecular formula is C21H20ClFN4O2. The molecule has 1 aliphatic heterocycles. The van der Waals surface area contributed by atoms with Gasteiger partial charge in [-0.3, -0.25) is 4.79 Å². The number of benzene rings is 2. The van der Waals surface area contributed by atoms with Gasteiger partial charge in [0.2, 0.25) is 5.91 Å². The fourth-order valence-corrected chi connectivity index (χ4v) is 3.62. The third kappa shape index (κ3) is 4.10. The summed E-state index contributed by atoms with van der Waals surface area (Å²) in [5.74, 6) is 0.363. The van der Waals surface area contributed by atoms with Gasteiger partial charge in [0, 0.05) is 55.8 Å². The van der Waals surface area contributed by atoms with Crippen LogP contribution in [0.25, 0.3) is 11.5 Å². The van der Waals surface area contributed by atoms with Crippen molar-refractivity contribution in [2.45, 2.75) is 18.9 Å². The predicted octanol–water partition coefficient (Wildman–Crippen LogP) is 4.11. The Balaban J connectivity index is 1.49. The van der Waals surface area contributed by atoms with E-state index in [2.05, 4.69) is 10.1 Å². The van der Waals surface area contributed by atoms with Gasteiger partial charge in [-0.25, -0.2) is 4.39 Å². The Hall–Kier alpha value is -2.93. The zero-order valence-electron chi connectivity index (χ0n) is 16.1. The largest absolute Gasteiger partial charge is 0.378 e. The standard InChI is InChI=1S/C21H20ClFN4O2/c1-26(2)17-5-3-4-13(8-17)21-24-20(25-29-21)15-9-19(28)27(12-15)11-14-6-7-16(23)10-18(14)22/h3-8,10,15H,9,11-12H2,1-2H3. The summed E-state index contributed by atoms with van der Waals surface area (Å²) >= 11 is 6.09. The number of hydrogen-bond acceptors (Lipinski definition) is 5. The highest BCUT2D eigenvalue weighted by Gasteiger charge is 2.34. The number of carbonyl (C=O) groups is 1. The number of nitrogens with zero attached hydrogens (tertiary/aromatic N) is 4. The third-order valence-corrected chi connectivity index (χ3v) is 5.36. The number of hydrogen-bond donors (Lipinski definition) is 0. The molecule has 1 saturated heterocycles. The van der Waals surface area contributed by atoms with Crippen molar-refractivity contribution in [1.29, 1.82) is 0 Å². The molecule has 1 unspecified atom stereocenters. The molecule has 2 heterocycles. The second-order valence-electron chi connectivity index (χ2n) is 7.31. The Labute approximate surface area is 172 Å². The molecule has 1 aliphatic rings. The van der Waals surface area contributed by atoms with Gasteiger partial charge in [-0.1, -0.05) is 28.9 Å². The van der Waals surface area contributed by atoms with Crippen molar-refractivity contribution in [3.05, 3.63) is 64.7 Å². The van der Waals surface area contributed by atoms with Gasteiger partial charge < -0.3 is 14.3 Å². The molecule has 2 aromatic carbocycles. The van der Waals surface area contributed by atoms with Crippen LogP contribution in [-0.4, -0.2) is 41.6 Å². The van der Waals surface area contributed by atoms with E-state index in [1.165, 1.54) is 12.1 Å². The van der Waals surface area contributed by atoms with Crippen LogP contribution in [0.5, 0.6) is 0 Å². The minimum atomic E-state index is -0.401. The van der Waals surface area contributed by atoms with E-state index in [9.17, 15) is 9.18 Å². The molecule has 0 N–H and O–H groups in total. The van der Waals surface area contributed by atoms with Crippen molar-refractivity contribution in [1.82, 2.24) is 15.0 Å². The van der Waals surface area contributed by atoms with Crippen molar-refractivity contribution in [3.8, 4) is 11.5 Å². The van der Waals surface area contributed by atoms with Gasteiger partial charge in [-0.15, -0.1) is 0 Å². The number of amides is 1. The van der Waals surface area contributed by atoms with Crippen LogP contribution in [0, 0.1) is 5.82 Å². The van der Waals surface area contributed by atoms with Gasteiger partial charge in [-0.2, -0.15) is 4.98 Å². The van der Waals surface area contributed by atoms with Gasteiger partial charge >= 0.3 is 0 Å². The average Bonchev–Trinajstić information content (AvgIpc) is 3.31. The first-order valence-electron chi connectivity index (χ1n) is 9.24. The first-order chi connectivity index (χ1) is 13.9. The molecule has 150 valence electrons. The quantitative estimate of drug-likeness (QED) is 0.628. The highest BCUT2D eigenvalue weighted by Crippen LogP contribution is 2.31. The molecule has 29 heavy (non-hydrogen) atoms. The Bertz CT molecular complexity index is 1050. The van der Waals surface area contributed by atoms with E-state index < -0.39 is 5.82 Å². The number of aromatic nitrogens is 2. The lowest BCUT2D eigenvalue weighted by Crippen LogP contribution is -2.24.